The lowest BCUT2D eigenvalue weighted by molar-refractivity contribution is -0.133. The number of hydrogen-bond acceptors (Lipinski definition) is 5. The molecule has 1 N–H and O–H groups in total. The molecule has 1 aliphatic carbocycles. The predicted octanol–water partition coefficient (Wildman–Crippen LogP) is 2.40. The van der Waals surface area contributed by atoms with Gasteiger partial charge in [0.05, 0.1) is 0 Å². The Balaban J connectivity index is 1.71. The Hall–Kier alpha value is -1.92. The molecule has 3 rings (SSSR count). The Labute approximate surface area is 135 Å². The Morgan fingerprint density at radius 3 is 2.43 bits per heavy atom. The minimum Gasteiger partial charge on any atom is -0.424 e. The maximum Gasteiger partial charge on any atom is 0.325 e. The minimum absolute atomic E-state index is 0.0377. The summed E-state index contributed by atoms with van der Waals surface area (Å²) in [4.78, 5) is 26.3. The molecule has 0 aromatic carbocycles. The molecule has 0 radical (unpaired) electrons. The minimum atomic E-state index is -0.742. The van der Waals surface area contributed by atoms with Gasteiger partial charge in [0.1, 0.15) is 12.1 Å². The number of rotatable bonds is 2. The predicted molar refractivity (Wildman–Crippen MR) is 82.3 cm³/mol. The molecule has 7 nitrogen and oxygen atoms in total. The number of urea groups is 1. The van der Waals surface area contributed by atoms with Gasteiger partial charge in [-0.25, -0.2) is 4.79 Å². The van der Waals surface area contributed by atoms with Gasteiger partial charge in [0.15, 0.2) is 0 Å². The van der Waals surface area contributed by atoms with E-state index in [1.807, 2.05) is 0 Å². The zero-order valence-electron chi connectivity index (χ0n) is 14.2. The van der Waals surface area contributed by atoms with E-state index in [4.69, 9.17) is 4.42 Å². The molecule has 0 bridgehead atoms. The van der Waals surface area contributed by atoms with Gasteiger partial charge in [0.2, 0.25) is 11.8 Å². The third-order valence-electron chi connectivity index (χ3n) is 5.17. The van der Waals surface area contributed by atoms with Crippen LogP contribution in [0.1, 0.15) is 58.2 Å². The van der Waals surface area contributed by atoms with E-state index in [0.717, 1.165) is 12.8 Å². The van der Waals surface area contributed by atoms with Crippen molar-refractivity contribution in [3.8, 4) is 0 Å². The van der Waals surface area contributed by atoms with E-state index in [0.29, 0.717) is 24.7 Å². The van der Waals surface area contributed by atoms with Crippen molar-refractivity contribution in [3.63, 3.8) is 0 Å². The van der Waals surface area contributed by atoms with Crippen LogP contribution in [-0.2, 0) is 11.3 Å². The van der Waals surface area contributed by atoms with Crippen molar-refractivity contribution in [2.45, 2.75) is 65.5 Å². The van der Waals surface area contributed by atoms with Crippen LogP contribution in [0.15, 0.2) is 4.42 Å². The first-order valence-electron chi connectivity index (χ1n) is 8.14. The second kappa shape index (κ2) is 5.32. The molecule has 1 aromatic heterocycles. The summed E-state index contributed by atoms with van der Waals surface area (Å²) in [7, 11) is 0. The number of nitrogens with zero attached hydrogens (tertiary/aromatic N) is 3. The largest absolute Gasteiger partial charge is 0.424 e. The quantitative estimate of drug-likeness (QED) is 0.845. The van der Waals surface area contributed by atoms with E-state index in [1.54, 1.807) is 6.92 Å². The highest BCUT2D eigenvalue weighted by atomic mass is 16.4. The molecule has 1 saturated heterocycles. The SMILES string of the molecule is Cc1nnc(CN2C(=O)NC3(CCC(C(C)(C)C)CC3)C2=O)o1. The lowest BCUT2D eigenvalue weighted by atomic mass is 9.67. The first-order chi connectivity index (χ1) is 10.7. The van der Waals surface area contributed by atoms with Gasteiger partial charge in [-0.1, -0.05) is 20.8 Å². The van der Waals surface area contributed by atoms with Gasteiger partial charge in [0.25, 0.3) is 5.91 Å². The smallest absolute Gasteiger partial charge is 0.325 e. The van der Waals surface area contributed by atoms with Crippen LogP contribution in [0.25, 0.3) is 0 Å². The molecular formula is C16H24N4O3. The standard InChI is InChI=1S/C16H24N4O3/c1-10-18-19-12(23-10)9-20-13(21)16(17-14(20)22)7-5-11(6-8-16)15(2,3)4/h11H,5-9H2,1-4H3,(H,17,22). The van der Waals surface area contributed by atoms with E-state index < -0.39 is 5.54 Å². The number of amides is 3. The van der Waals surface area contributed by atoms with E-state index in [-0.39, 0.29) is 29.8 Å². The zero-order valence-corrected chi connectivity index (χ0v) is 14.2. The van der Waals surface area contributed by atoms with Gasteiger partial charge in [-0.15, -0.1) is 10.2 Å². The molecule has 1 aliphatic heterocycles. The Morgan fingerprint density at radius 2 is 1.91 bits per heavy atom. The molecular weight excluding hydrogens is 296 g/mol. The van der Waals surface area contributed by atoms with Gasteiger partial charge >= 0.3 is 6.03 Å². The van der Waals surface area contributed by atoms with Crippen LogP contribution in [-0.4, -0.2) is 32.6 Å². The van der Waals surface area contributed by atoms with Crippen LogP contribution in [0.2, 0.25) is 0 Å². The second-order valence-corrected chi connectivity index (χ2v) is 7.76. The fourth-order valence-corrected chi connectivity index (χ4v) is 3.67. The number of hydrogen-bond donors (Lipinski definition) is 1. The van der Waals surface area contributed by atoms with Crippen molar-refractivity contribution in [2.75, 3.05) is 0 Å². The summed E-state index contributed by atoms with van der Waals surface area (Å²) in [5, 5.41) is 10.5. The summed E-state index contributed by atoms with van der Waals surface area (Å²) < 4.78 is 5.28. The average Bonchev–Trinajstić information content (AvgIpc) is 2.96. The lowest BCUT2D eigenvalue weighted by Gasteiger charge is -2.40. The van der Waals surface area contributed by atoms with Crippen molar-refractivity contribution < 1.29 is 14.0 Å². The Bertz CT molecular complexity index is 624. The first-order valence-corrected chi connectivity index (χ1v) is 8.14. The lowest BCUT2D eigenvalue weighted by Crippen LogP contribution is -2.50. The molecule has 0 unspecified atom stereocenters. The van der Waals surface area contributed by atoms with Crippen LogP contribution in [0.5, 0.6) is 0 Å². The van der Waals surface area contributed by atoms with Crippen molar-refractivity contribution in [3.05, 3.63) is 11.8 Å². The van der Waals surface area contributed by atoms with Crippen LogP contribution >= 0.6 is 0 Å². The molecule has 126 valence electrons. The number of nitrogens with one attached hydrogen (secondary N) is 1. The molecule has 2 aliphatic rings. The summed E-state index contributed by atoms with van der Waals surface area (Å²) in [5.74, 6) is 1.12. The second-order valence-electron chi connectivity index (χ2n) is 7.76. The molecule has 3 amide bonds. The number of carbonyl (C=O) groups excluding carboxylic acids is 2. The highest BCUT2D eigenvalue weighted by molar-refractivity contribution is 6.06. The number of aryl methyl sites for hydroxylation is 1. The maximum absolute atomic E-state index is 12.8. The molecule has 7 heteroatoms. The summed E-state index contributed by atoms with van der Waals surface area (Å²) in [6.45, 7) is 8.41. The van der Waals surface area contributed by atoms with Crippen molar-refractivity contribution >= 4 is 11.9 Å². The fourth-order valence-electron chi connectivity index (χ4n) is 3.67. The highest BCUT2D eigenvalue weighted by Crippen LogP contribution is 2.43. The van der Waals surface area contributed by atoms with E-state index in [9.17, 15) is 9.59 Å². The van der Waals surface area contributed by atoms with Crippen LogP contribution in [0.4, 0.5) is 4.79 Å². The third-order valence-corrected chi connectivity index (χ3v) is 5.17. The molecule has 1 saturated carbocycles. The summed E-state index contributed by atoms with van der Waals surface area (Å²) in [5.41, 5.74) is -0.512. The molecule has 2 heterocycles. The molecule has 2 fully saturated rings. The van der Waals surface area contributed by atoms with Crippen molar-refractivity contribution in [1.29, 1.82) is 0 Å². The molecule has 0 atom stereocenters. The third kappa shape index (κ3) is 2.84. The summed E-state index contributed by atoms with van der Waals surface area (Å²) in [6, 6.07) is -0.361. The Morgan fingerprint density at radius 1 is 1.26 bits per heavy atom. The molecule has 1 spiro atoms. The topological polar surface area (TPSA) is 88.3 Å². The monoisotopic (exact) mass is 320 g/mol. The van der Waals surface area contributed by atoms with Gasteiger partial charge in [-0.3, -0.25) is 9.69 Å². The maximum atomic E-state index is 12.8. The van der Waals surface area contributed by atoms with Crippen molar-refractivity contribution in [2.24, 2.45) is 11.3 Å². The molecule has 23 heavy (non-hydrogen) atoms. The highest BCUT2D eigenvalue weighted by Gasteiger charge is 2.53. The van der Waals surface area contributed by atoms with Gasteiger partial charge < -0.3 is 9.73 Å². The summed E-state index contributed by atoms with van der Waals surface area (Å²) in [6.07, 6.45) is 3.28. The normalized spacial score (nSPS) is 28.5. The number of aromatic nitrogens is 2. The molecule has 1 aromatic rings. The van der Waals surface area contributed by atoms with Crippen LogP contribution in [0, 0.1) is 18.3 Å². The van der Waals surface area contributed by atoms with E-state index >= 15 is 0 Å². The van der Waals surface area contributed by atoms with Crippen LogP contribution in [0.3, 0.4) is 0 Å². The fraction of sp³-hybridized carbons (Fsp3) is 0.750. The zero-order chi connectivity index (χ0) is 16.8. The van der Waals surface area contributed by atoms with Crippen LogP contribution < -0.4 is 5.32 Å². The van der Waals surface area contributed by atoms with E-state index in [2.05, 4.69) is 36.3 Å². The first kappa shape index (κ1) is 16.0. The van der Waals surface area contributed by atoms with E-state index in [1.165, 1.54) is 4.90 Å². The van der Waals surface area contributed by atoms with Gasteiger partial charge in [-0.05, 0) is 37.0 Å². The van der Waals surface area contributed by atoms with Gasteiger partial charge in [0, 0.05) is 6.92 Å². The average molecular weight is 320 g/mol. The summed E-state index contributed by atoms with van der Waals surface area (Å²) >= 11 is 0. The number of imide groups is 1. The van der Waals surface area contributed by atoms with Gasteiger partial charge in [-0.2, -0.15) is 0 Å². The number of carbonyl (C=O) groups is 2. The van der Waals surface area contributed by atoms with Crippen molar-refractivity contribution in [1.82, 2.24) is 20.4 Å². The Kier molecular flexibility index (Phi) is 3.69.